The lowest BCUT2D eigenvalue weighted by Crippen LogP contribution is -2.04. The third kappa shape index (κ3) is 4.53. The Bertz CT molecular complexity index is 1090. The second-order valence-electron chi connectivity index (χ2n) is 6.77. The van der Waals surface area contributed by atoms with Gasteiger partial charge in [-0.3, -0.25) is 9.59 Å². The van der Waals surface area contributed by atoms with Crippen LogP contribution in [0.2, 0.25) is 0 Å². The molecule has 0 aliphatic rings. The normalized spacial score (nSPS) is 10.3. The van der Waals surface area contributed by atoms with E-state index in [2.05, 4.69) is 0 Å². The Labute approximate surface area is 181 Å². The van der Waals surface area contributed by atoms with Crippen LogP contribution in [0.25, 0.3) is 11.1 Å². The largest absolute Gasteiger partial charge is 0.493 e. The van der Waals surface area contributed by atoms with Crippen LogP contribution in [-0.2, 0) is 6.61 Å². The standard InChI is InChI=1S/C25H24O6/c1-16(27)21-13-19(31-15-17-8-6-5-7-9-17)10-11-20(21)23-18(14-26)12-22(28-2)24(29-3)25(23)30-4/h5-14H,15H2,1-4H3. The highest BCUT2D eigenvalue weighted by Crippen LogP contribution is 2.47. The second kappa shape index (κ2) is 9.80. The molecule has 3 rings (SSSR count). The van der Waals surface area contributed by atoms with E-state index in [-0.39, 0.29) is 5.78 Å². The first-order valence-electron chi connectivity index (χ1n) is 9.64. The molecule has 0 unspecified atom stereocenters. The number of hydrogen-bond acceptors (Lipinski definition) is 6. The summed E-state index contributed by atoms with van der Waals surface area (Å²) in [7, 11) is 4.43. The van der Waals surface area contributed by atoms with Crippen molar-refractivity contribution in [2.24, 2.45) is 0 Å². The summed E-state index contributed by atoms with van der Waals surface area (Å²) in [5, 5.41) is 0. The monoisotopic (exact) mass is 420 g/mol. The maximum Gasteiger partial charge on any atom is 0.203 e. The average Bonchev–Trinajstić information content (AvgIpc) is 2.81. The molecule has 31 heavy (non-hydrogen) atoms. The molecule has 0 saturated heterocycles. The number of methoxy groups -OCH3 is 3. The van der Waals surface area contributed by atoms with Gasteiger partial charge in [0, 0.05) is 16.7 Å². The molecule has 0 bridgehead atoms. The van der Waals surface area contributed by atoms with E-state index in [1.807, 2.05) is 30.3 Å². The van der Waals surface area contributed by atoms with Gasteiger partial charge in [0.2, 0.25) is 5.75 Å². The number of carbonyl (C=O) groups excluding carboxylic acids is 2. The van der Waals surface area contributed by atoms with Crippen LogP contribution in [-0.4, -0.2) is 33.4 Å². The van der Waals surface area contributed by atoms with Gasteiger partial charge in [-0.15, -0.1) is 0 Å². The molecule has 0 N–H and O–H groups in total. The van der Waals surface area contributed by atoms with Crippen LogP contribution in [0.5, 0.6) is 23.0 Å². The summed E-state index contributed by atoms with van der Waals surface area (Å²) in [5.74, 6) is 1.38. The van der Waals surface area contributed by atoms with Crippen molar-refractivity contribution in [1.29, 1.82) is 0 Å². The first kappa shape index (κ1) is 21.9. The molecular formula is C25H24O6. The molecular weight excluding hydrogens is 396 g/mol. The van der Waals surface area contributed by atoms with E-state index in [1.165, 1.54) is 28.3 Å². The Morgan fingerprint density at radius 3 is 2.19 bits per heavy atom. The van der Waals surface area contributed by atoms with Crippen LogP contribution in [0.15, 0.2) is 54.6 Å². The Morgan fingerprint density at radius 2 is 1.61 bits per heavy atom. The van der Waals surface area contributed by atoms with Gasteiger partial charge in [-0.2, -0.15) is 0 Å². The fourth-order valence-electron chi connectivity index (χ4n) is 3.41. The van der Waals surface area contributed by atoms with Crippen LogP contribution < -0.4 is 18.9 Å². The van der Waals surface area contributed by atoms with Crippen molar-refractivity contribution in [3.05, 3.63) is 71.3 Å². The van der Waals surface area contributed by atoms with Crippen molar-refractivity contribution in [3.8, 4) is 34.1 Å². The van der Waals surface area contributed by atoms with Crippen molar-refractivity contribution < 1.29 is 28.5 Å². The van der Waals surface area contributed by atoms with Gasteiger partial charge in [-0.05, 0) is 42.3 Å². The fourth-order valence-corrected chi connectivity index (χ4v) is 3.41. The highest BCUT2D eigenvalue weighted by molar-refractivity contribution is 6.05. The van der Waals surface area contributed by atoms with E-state index in [4.69, 9.17) is 18.9 Å². The Hall–Kier alpha value is -3.80. The molecule has 0 radical (unpaired) electrons. The summed E-state index contributed by atoms with van der Waals surface area (Å²) in [6, 6.07) is 16.5. The van der Waals surface area contributed by atoms with Crippen molar-refractivity contribution in [2.45, 2.75) is 13.5 Å². The first-order valence-corrected chi connectivity index (χ1v) is 9.64. The van der Waals surface area contributed by atoms with Crippen LogP contribution in [0.4, 0.5) is 0 Å². The topological polar surface area (TPSA) is 71.1 Å². The lowest BCUT2D eigenvalue weighted by molar-refractivity contribution is 0.101. The van der Waals surface area contributed by atoms with Crippen LogP contribution in [0, 0.1) is 0 Å². The van der Waals surface area contributed by atoms with Gasteiger partial charge in [-0.25, -0.2) is 0 Å². The Kier molecular flexibility index (Phi) is 6.92. The number of benzene rings is 3. The van der Waals surface area contributed by atoms with Crippen LogP contribution in [0.3, 0.4) is 0 Å². The third-order valence-electron chi connectivity index (χ3n) is 4.88. The van der Waals surface area contributed by atoms with E-state index in [1.54, 1.807) is 24.3 Å². The van der Waals surface area contributed by atoms with E-state index < -0.39 is 0 Å². The van der Waals surface area contributed by atoms with Gasteiger partial charge in [0.15, 0.2) is 23.6 Å². The smallest absolute Gasteiger partial charge is 0.203 e. The summed E-state index contributed by atoms with van der Waals surface area (Å²) in [5.41, 5.74) is 2.73. The predicted octanol–water partition coefficient (Wildman–Crippen LogP) is 4.97. The van der Waals surface area contributed by atoms with E-state index in [0.717, 1.165) is 5.56 Å². The Morgan fingerprint density at radius 1 is 0.903 bits per heavy atom. The van der Waals surface area contributed by atoms with Crippen LogP contribution >= 0.6 is 0 Å². The van der Waals surface area contributed by atoms with E-state index in [9.17, 15) is 9.59 Å². The van der Waals surface area contributed by atoms with E-state index in [0.29, 0.717) is 58.1 Å². The highest BCUT2D eigenvalue weighted by Gasteiger charge is 2.24. The lowest BCUT2D eigenvalue weighted by Gasteiger charge is -2.19. The number of rotatable bonds is 9. The minimum absolute atomic E-state index is 0.172. The molecule has 6 heteroatoms. The summed E-state index contributed by atoms with van der Waals surface area (Å²) in [6.45, 7) is 1.84. The number of hydrogen-bond donors (Lipinski definition) is 0. The molecule has 6 nitrogen and oxygen atoms in total. The number of Topliss-reactive ketones (excluding diaryl/α,β-unsaturated/α-hetero) is 1. The molecule has 0 aromatic heterocycles. The minimum Gasteiger partial charge on any atom is -0.493 e. The quantitative estimate of drug-likeness (QED) is 0.359. The zero-order valence-corrected chi connectivity index (χ0v) is 17.9. The molecule has 0 saturated carbocycles. The molecule has 0 spiro atoms. The fraction of sp³-hybridized carbons (Fsp3) is 0.200. The maximum atomic E-state index is 12.5. The lowest BCUT2D eigenvalue weighted by atomic mass is 9.92. The van der Waals surface area contributed by atoms with Gasteiger partial charge in [0.25, 0.3) is 0 Å². The van der Waals surface area contributed by atoms with Gasteiger partial charge in [-0.1, -0.05) is 30.3 Å². The zero-order valence-electron chi connectivity index (χ0n) is 17.9. The average molecular weight is 420 g/mol. The molecule has 0 fully saturated rings. The molecule has 3 aromatic rings. The first-order chi connectivity index (χ1) is 15.0. The highest BCUT2D eigenvalue weighted by atomic mass is 16.5. The maximum absolute atomic E-state index is 12.5. The summed E-state index contributed by atoms with van der Waals surface area (Å²) in [6.07, 6.45) is 0.698. The second-order valence-corrected chi connectivity index (χ2v) is 6.77. The zero-order chi connectivity index (χ0) is 22.4. The number of aldehydes is 1. The van der Waals surface area contributed by atoms with Gasteiger partial charge in [0.05, 0.1) is 21.3 Å². The summed E-state index contributed by atoms with van der Waals surface area (Å²) >= 11 is 0. The molecule has 0 atom stereocenters. The van der Waals surface area contributed by atoms with Gasteiger partial charge >= 0.3 is 0 Å². The van der Waals surface area contributed by atoms with Gasteiger partial charge in [0.1, 0.15) is 12.4 Å². The SMILES string of the molecule is COc1cc(C=O)c(-c2ccc(OCc3ccccc3)cc2C(C)=O)c(OC)c1OC. The molecule has 160 valence electrons. The number of carbonyl (C=O) groups is 2. The summed E-state index contributed by atoms with van der Waals surface area (Å²) < 4.78 is 22.2. The molecule has 0 aliphatic carbocycles. The van der Waals surface area contributed by atoms with Crippen molar-refractivity contribution in [1.82, 2.24) is 0 Å². The molecule has 3 aromatic carbocycles. The number of ketones is 1. The third-order valence-corrected chi connectivity index (χ3v) is 4.88. The molecule has 0 aliphatic heterocycles. The predicted molar refractivity (Wildman–Crippen MR) is 118 cm³/mol. The van der Waals surface area contributed by atoms with Crippen LogP contribution in [0.1, 0.15) is 33.2 Å². The molecule has 0 amide bonds. The summed E-state index contributed by atoms with van der Waals surface area (Å²) in [4.78, 5) is 24.4. The van der Waals surface area contributed by atoms with E-state index >= 15 is 0 Å². The Balaban J connectivity index is 2.12. The van der Waals surface area contributed by atoms with Crippen molar-refractivity contribution in [2.75, 3.05) is 21.3 Å². The van der Waals surface area contributed by atoms with Crippen molar-refractivity contribution >= 4 is 12.1 Å². The van der Waals surface area contributed by atoms with Crippen molar-refractivity contribution in [3.63, 3.8) is 0 Å². The van der Waals surface area contributed by atoms with Gasteiger partial charge < -0.3 is 18.9 Å². The number of ether oxygens (including phenoxy) is 4. The minimum atomic E-state index is -0.172. The molecule has 0 heterocycles.